The van der Waals surface area contributed by atoms with Gasteiger partial charge in [-0.3, -0.25) is 0 Å². The third-order valence-electron chi connectivity index (χ3n) is 5.26. The largest absolute Gasteiger partial charge is 0.487 e. The summed E-state index contributed by atoms with van der Waals surface area (Å²) in [6.45, 7) is 2.86. The van der Waals surface area contributed by atoms with Gasteiger partial charge in [0.05, 0.1) is 6.54 Å². The molecule has 0 saturated carbocycles. The highest BCUT2D eigenvalue weighted by atomic mass is 16.6. The topological polar surface area (TPSA) is 38.8 Å². The van der Waals surface area contributed by atoms with Gasteiger partial charge in [-0.2, -0.15) is 0 Å². The first-order chi connectivity index (χ1) is 14.1. The highest BCUT2D eigenvalue weighted by Crippen LogP contribution is 2.39. The van der Waals surface area contributed by atoms with E-state index in [1.165, 1.54) is 16.7 Å². The Morgan fingerprint density at radius 2 is 1.72 bits per heavy atom. The second-order valence-electron chi connectivity index (χ2n) is 7.47. The Morgan fingerprint density at radius 3 is 2.52 bits per heavy atom. The normalized spacial score (nSPS) is 14.8. The van der Waals surface area contributed by atoms with E-state index in [2.05, 4.69) is 37.3 Å². The minimum absolute atomic E-state index is 0.0792. The van der Waals surface area contributed by atoms with E-state index in [0.29, 0.717) is 6.54 Å². The van der Waals surface area contributed by atoms with Gasteiger partial charge in [-0.05, 0) is 29.2 Å². The molecule has 0 saturated heterocycles. The molecule has 4 rings (SSSR count). The summed E-state index contributed by atoms with van der Waals surface area (Å²) in [5.74, 6) is 0.929. The van der Waals surface area contributed by atoms with Gasteiger partial charge in [-0.25, -0.2) is 4.79 Å². The summed E-state index contributed by atoms with van der Waals surface area (Å²) in [4.78, 5) is 13.9. The lowest BCUT2D eigenvalue weighted by Crippen LogP contribution is -2.36. The number of hydrogen-bond donors (Lipinski definition) is 0. The van der Waals surface area contributed by atoms with Crippen molar-refractivity contribution in [3.8, 4) is 16.9 Å². The summed E-state index contributed by atoms with van der Waals surface area (Å²) in [7, 11) is 1.75. The van der Waals surface area contributed by atoms with Crippen molar-refractivity contribution in [1.29, 1.82) is 0 Å². The Labute approximate surface area is 171 Å². The van der Waals surface area contributed by atoms with Crippen LogP contribution in [0.2, 0.25) is 0 Å². The van der Waals surface area contributed by atoms with E-state index in [4.69, 9.17) is 9.47 Å². The molecule has 1 heterocycles. The van der Waals surface area contributed by atoms with Gasteiger partial charge < -0.3 is 14.4 Å². The molecule has 1 atom stereocenters. The molecule has 0 N–H and O–H groups in total. The second-order valence-corrected chi connectivity index (χ2v) is 7.47. The molecular formula is C25H25NO3. The van der Waals surface area contributed by atoms with Crippen molar-refractivity contribution in [2.75, 3.05) is 13.6 Å². The van der Waals surface area contributed by atoms with Gasteiger partial charge >= 0.3 is 6.09 Å². The fraction of sp³-hybridized carbons (Fsp3) is 0.240. The van der Waals surface area contributed by atoms with Crippen LogP contribution >= 0.6 is 0 Å². The minimum atomic E-state index is -0.340. The van der Waals surface area contributed by atoms with Crippen molar-refractivity contribution in [3.63, 3.8) is 0 Å². The number of aryl methyl sites for hydroxylation is 1. The number of ether oxygens (including phenoxy) is 2. The molecule has 1 amide bonds. The van der Waals surface area contributed by atoms with E-state index in [1.54, 1.807) is 11.9 Å². The molecule has 0 aromatic heterocycles. The van der Waals surface area contributed by atoms with Crippen LogP contribution in [-0.2, 0) is 17.8 Å². The maximum absolute atomic E-state index is 12.4. The third kappa shape index (κ3) is 4.27. The lowest BCUT2D eigenvalue weighted by molar-refractivity contribution is 0.0895. The van der Waals surface area contributed by atoms with Crippen LogP contribution in [0.1, 0.15) is 16.7 Å². The van der Waals surface area contributed by atoms with Gasteiger partial charge in [-0.1, -0.05) is 72.8 Å². The lowest BCUT2D eigenvalue weighted by atomic mass is 9.97. The van der Waals surface area contributed by atoms with Crippen LogP contribution in [0, 0.1) is 6.92 Å². The second kappa shape index (κ2) is 8.39. The first-order valence-corrected chi connectivity index (χ1v) is 9.88. The summed E-state index contributed by atoms with van der Waals surface area (Å²) in [6.07, 6.45) is 0.364. The molecule has 1 unspecified atom stereocenters. The first-order valence-electron chi connectivity index (χ1n) is 9.88. The number of rotatable bonds is 5. The summed E-state index contributed by atoms with van der Waals surface area (Å²) in [5.41, 5.74) is 5.66. The van der Waals surface area contributed by atoms with Crippen LogP contribution in [0.4, 0.5) is 4.79 Å². The van der Waals surface area contributed by atoms with E-state index in [0.717, 1.165) is 23.3 Å². The van der Waals surface area contributed by atoms with Gasteiger partial charge in [0.15, 0.2) is 0 Å². The molecule has 4 nitrogen and oxygen atoms in total. The van der Waals surface area contributed by atoms with E-state index >= 15 is 0 Å². The number of hydrogen-bond acceptors (Lipinski definition) is 3. The monoisotopic (exact) mass is 387 g/mol. The maximum atomic E-state index is 12.4. The Kier molecular flexibility index (Phi) is 5.52. The summed E-state index contributed by atoms with van der Waals surface area (Å²) in [5, 5.41) is 0. The van der Waals surface area contributed by atoms with Crippen molar-refractivity contribution in [1.82, 2.24) is 4.90 Å². The zero-order valence-electron chi connectivity index (χ0n) is 16.8. The molecule has 0 radical (unpaired) electrons. The van der Waals surface area contributed by atoms with Crippen LogP contribution in [-0.4, -0.2) is 30.7 Å². The quantitative estimate of drug-likeness (QED) is 0.601. The van der Waals surface area contributed by atoms with Crippen molar-refractivity contribution < 1.29 is 14.3 Å². The maximum Gasteiger partial charge on any atom is 0.409 e. The van der Waals surface area contributed by atoms with E-state index < -0.39 is 0 Å². The van der Waals surface area contributed by atoms with Crippen LogP contribution in [0.5, 0.6) is 5.75 Å². The number of amides is 1. The van der Waals surface area contributed by atoms with Crippen molar-refractivity contribution in [2.45, 2.75) is 26.1 Å². The molecule has 3 aromatic carbocycles. The average Bonchev–Trinajstić information content (AvgIpc) is 3.15. The number of likely N-dealkylation sites (N-methyl/N-ethyl adjacent to an activating group) is 1. The fourth-order valence-corrected chi connectivity index (χ4v) is 3.74. The standard InChI is InChI=1S/C25H25NO3/c1-18-9-6-7-13-22(18)23-14-8-12-20-15-21(29-24(20)23)16-26(2)25(27)28-17-19-10-4-3-5-11-19/h3-14,21H,15-17H2,1-2H3. The SMILES string of the molecule is Cc1ccccc1-c1cccc2c1OC(CN(C)C(=O)OCc1ccccc1)C2. The summed E-state index contributed by atoms with van der Waals surface area (Å²) < 4.78 is 11.7. The lowest BCUT2D eigenvalue weighted by Gasteiger charge is -2.21. The molecule has 0 spiro atoms. The van der Waals surface area contributed by atoms with Gasteiger partial charge in [0.25, 0.3) is 0 Å². The number of fused-ring (bicyclic) bond motifs is 1. The summed E-state index contributed by atoms with van der Waals surface area (Å²) >= 11 is 0. The Morgan fingerprint density at radius 1 is 1.00 bits per heavy atom. The molecule has 29 heavy (non-hydrogen) atoms. The van der Waals surface area contributed by atoms with Gasteiger partial charge in [0, 0.05) is 19.0 Å². The number of carbonyl (C=O) groups excluding carboxylic acids is 1. The Hall–Kier alpha value is -3.27. The Bertz CT molecular complexity index is 1000. The molecule has 0 fully saturated rings. The zero-order valence-corrected chi connectivity index (χ0v) is 16.8. The minimum Gasteiger partial charge on any atom is -0.487 e. The number of nitrogens with zero attached hydrogens (tertiary/aromatic N) is 1. The van der Waals surface area contributed by atoms with Crippen LogP contribution in [0.25, 0.3) is 11.1 Å². The van der Waals surface area contributed by atoms with Gasteiger partial charge in [0.2, 0.25) is 0 Å². The molecule has 1 aliphatic heterocycles. The highest BCUT2D eigenvalue weighted by Gasteiger charge is 2.28. The first kappa shape index (κ1) is 19.1. The van der Waals surface area contributed by atoms with Crippen LogP contribution in [0.15, 0.2) is 72.8 Å². The summed E-state index contributed by atoms with van der Waals surface area (Å²) in [6, 6.07) is 24.3. The molecule has 3 aromatic rings. The number of carbonyl (C=O) groups is 1. The van der Waals surface area contributed by atoms with E-state index in [1.807, 2.05) is 42.5 Å². The molecule has 0 aliphatic carbocycles. The average molecular weight is 387 g/mol. The third-order valence-corrected chi connectivity index (χ3v) is 5.26. The van der Waals surface area contributed by atoms with Crippen LogP contribution < -0.4 is 4.74 Å². The molecule has 1 aliphatic rings. The number of benzene rings is 3. The predicted molar refractivity (Wildman–Crippen MR) is 114 cm³/mol. The zero-order chi connectivity index (χ0) is 20.2. The van der Waals surface area contributed by atoms with Crippen LogP contribution in [0.3, 0.4) is 0 Å². The predicted octanol–water partition coefficient (Wildman–Crippen LogP) is 5.23. The van der Waals surface area contributed by atoms with Gasteiger partial charge in [-0.15, -0.1) is 0 Å². The van der Waals surface area contributed by atoms with E-state index in [9.17, 15) is 4.79 Å². The smallest absolute Gasteiger partial charge is 0.409 e. The fourth-order valence-electron chi connectivity index (χ4n) is 3.74. The van der Waals surface area contributed by atoms with Crippen molar-refractivity contribution in [2.24, 2.45) is 0 Å². The number of para-hydroxylation sites is 1. The molecular weight excluding hydrogens is 362 g/mol. The Balaban J connectivity index is 1.40. The molecule has 148 valence electrons. The van der Waals surface area contributed by atoms with Crippen molar-refractivity contribution in [3.05, 3.63) is 89.5 Å². The van der Waals surface area contributed by atoms with Crippen molar-refractivity contribution >= 4 is 6.09 Å². The highest BCUT2D eigenvalue weighted by molar-refractivity contribution is 5.75. The van der Waals surface area contributed by atoms with Gasteiger partial charge in [0.1, 0.15) is 18.5 Å². The molecule has 0 bridgehead atoms. The molecule has 4 heteroatoms. The van der Waals surface area contributed by atoms with E-state index in [-0.39, 0.29) is 18.8 Å².